The smallest absolute Gasteiger partial charge is 0.220 e. The van der Waals surface area contributed by atoms with Crippen molar-refractivity contribution in [1.82, 2.24) is 10.3 Å². The molecule has 4 nitrogen and oxygen atoms in total. The van der Waals surface area contributed by atoms with Crippen LogP contribution in [0.1, 0.15) is 48.1 Å². The summed E-state index contributed by atoms with van der Waals surface area (Å²) in [6.45, 7) is 1.68. The standard InChI is InChI=1S/C24H29N3O/c28-23(9-3-8-22-15-14-21-7-4-16-25-24(21)27-22)26-17-18-10-12-19-5-1-2-6-20(19)13-11-18/h1-2,5-6,10,14-15H,3-4,7-9,11-13,16-17H2,(H,25,27)(H,26,28). The third kappa shape index (κ3) is 4.80. The number of amides is 1. The number of nitrogens with zero attached hydrogens (tertiary/aromatic N) is 1. The van der Waals surface area contributed by atoms with Gasteiger partial charge in [0.2, 0.25) is 5.91 Å². The zero-order chi connectivity index (χ0) is 19.2. The maximum absolute atomic E-state index is 12.2. The van der Waals surface area contributed by atoms with Crippen molar-refractivity contribution >= 4 is 11.7 Å². The first-order chi connectivity index (χ1) is 13.8. The molecule has 1 aromatic heterocycles. The molecule has 0 spiro atoms. The molecule has 146 valence electrons. The molecular weight excluding hydrogens is 346 g/mol. The lowest BCUT2D eigenvalue weighted by Crippen LogP contribution is -2.25. The minimum absolute atomic E-state index is 0.138. The molecule has 0 bridgehead atoms. The van der Waals surface area contributed by atoms with Crippen molar-refractivity contribution in [3.63, 3.8) is 0 Å². The molecule has 1 amide bonds. The van der Waals surface area contributed by atoms with Crippen molar-refractivity contribution < 1.29 is 4.79 Å². The fraction of sp³-hybridized carbons (Fsp3) is 0.417. The number of carbonyl (C=O) groups excluding carboxylic acids is 1. The molecule has 1 aliphatic heterocycles. The fourth-order valence-electron chi connectivity index (χ4n) is 4.05. The second-order valence-electron chi connectivity index (χ2n) is 7.81. The first kappa shape index (κ1) is 18.7. The first-order valence-corrected chi connectivity index (χ1v) is 10.5. The van der Waals surface area contributed by atoms with Gasteiger partial charge in [0.25, 0.3) is 0 Å². The zero-order valence-corrected chi connectivity index (χ0v) is 16.5. The van der Waals surface area contributed by atoms with E-state index in [1.807, 2.05) is 0 Å². The van der Waals surface area contributed by atoms with Crippen LogP contribution >= 0.6 is 0 Å². The number of anilines is 1. The van der Waals surface area contributed by atoms with E-state index in [4.69, 9.17) is 4.98 Å². The molecule has 1 aliphatic carbocycles. The molecule has 0 unspecified atom stereocenters. The Morgan fingerprint density at radius 2 is 1.93 bits per heavy atom. The van der Waals surface area contributed by atoms with Crippen molar-refractivity contribution in [1.29, 1.82) is 0 Å². The normalized spacial score (nSPS) is 15.5. The highest BCUT2D eigenvalue weighted by Gasteiger charge is 2.12. The van der Waals surface area contributed by atoms with Gasteiger partial charge in [0.1, 0.15) is 5.82 Å². The van der Waals surface area contributed by atoms with Crippen LogP contribution in [-0.4, -0.2) is 24.0 Å². The Morgan fingerprint density at radius 1 is 1.04 bits per heavy atom. The first-order valence-electron chi connectivity index (χ1n) is 10.5. The summed E-state index contributed by atoms with van der Waals surface area (Å²) in [5.41, 5.74) is 6.58. The Bertz CT molecular complexity index is 872. The predicted octanol–water partition coefficient (Wildman–Crippen LogP) is 3.99. The molecular formula is C24H29N3O. The summed E-state index contributed by atoms with van der Waals surface area (Å²) in [5, 5.41) is 6.48. The largest absolute Gasteiger partial charge is 0.370 e. The van der Waals surface area contributed by atoms with E-state index in [9.17, 15) is 4.79 Å². The van der Waals surface area contributed by atoms with Gasteiger partial charge in [-0.15, -0.1) is 0 Å². The maximum Gasteiger partial charge on any atom is 0.220 e. The lowest BCUT2D eigenvalue weighted by molar-refractivity contribution is -0.121. The van der Waals surface area contributed by atoms with Crippen molar-refractivity contribution in [2.75, 3.05) is 18.4 Å². The van der Waals surface area contributed by atoms with Gasteiger partial charge < -0.3 is 10.6 Å². The molecule has 1 aromatic carbocycles. The molecule has 4 rings (SSSR count). The van der Waals surface area contributed by atoms with E-state index in [2.05, 4.69) is 53.1 Å². The number of pyridine rings is 1. The van der Waals surface area contributed by atoms with E-state index < -0.39 is 0 Å². The Kier molecular flexibility index (Phi) is 6.05. The molecule has 28 heavy (non-hydrogen) atoms. The van der Waals surface area contributed by atoms with Crippen LogP contribution in [0.15, 0.2) is 48.0 Å². The van der Waals surface area contributed by atoms with Gasteiger partial charge in [-0.25, -0.2) is 4.98 Å². The fourth-order valence-corrected chi connectivity index (χ4v) is 4.05. The number of aromatic nitrogens is 1. The number of fused-ring (bicyclic) bond motifs is 2. The van der Waals surface area contributed by atoms with Gasteiger partial charge in [0.05, 0.1) is 0 Å². The van der Waals surface area contributed by atoms with Crippen molar-refractivity contribution in [2.45, 2.75) is 51.4 Å². The van der Waals surface area contributed by atoms with E-state index in [0.29, 0.717) is 13.0 Å². The summed E-state index contributed by atoms with van der Waals surface area (Å²) < 4.78 is 0. The van der Waals surface area contributed by atoms with Crippen LogP contribution in [-0.2, 0) is 30.5 Å². The third-order valence-corrected chi connectivity index (χ3v) is 5.75. The number of benzene rings is 1. The second kappa shape index (κ2) is 9.05. The van der Waals surface area contributed by atoms with E-state index in [1.54, 1.807) is 0 Å². The van der Waals surface area contributed by atoms with Gasteiger partial charge in [0, 0.05) is 25.2 Å². The Labute approximate surface area is 167 Å². The maximum atomic E-state index is 12.2. The van der Waals surface area contributed by atoms with Gasteiger partial charge in [-0.3, -0.25) is 4.79 Å². The molecule has 0 atom stereocenters. The van der Waals surface area contributed by atoms with Crippen LogP contribution in [0.2, 0.25) is 0 Å². The van der Waals surface area contributed by atoms with E-state index in [-0.39, 0.29) is 5.91 Å². The molecule has 0 saturated carbocycles. The number of rotatable bonds is 6. The van der Waals surface area contributed by atoms with E-state index >= 15 is 0 Å². The highest BCUT2D eigenvalue weighted by molar-refractivity contribution is 5.76. The molecule has 0 saturated heterocycles. The summed E-state index contributed by atoms with van der Waals surface area (Å²) in [7, 11) is 0. The van der Waals surface area contributed by atoms with Gasteiger partial charge in [-0.05, 0) is 67.7 Å². The van der Waals surface area contributed by atoms with Crippen molar-refractivity contribution in [3.8, 4) is 0 Å². The summed E-state index contributed by atoms with van der Waals surface area (Å²) in [6.07, 6.45) is 9.88. The molecule has 2 heterocycles. The topological polar surface area (TPSA) is 54.0 Å². The molecule has 4 heteroatoms. The number of aryl methyl sites for hydroxylation is 3. The van der Waals surface area contributed by atoms with E-state index in [1.165, 1.54) is 28.7 Å². The minimum Gasteiger partial charge on any atom is -0.370 e. The summed E-state index contributed by atoms with van der Waals surface area (Å²) in [4.78, 5) is 16.9. The van der Waals surface area contributed by atoms with Crippen LogP contribution in [0.25, 0.3) is 0 Å². The summed E-state index contributed by atoms with van der Waals surface area (Å²) >= 11 is 0. The lowest BCUT2D eigenvalue weighted by atomic mass is 10.0. The monoisotopic (exact) mass is 375 g/mol. The lowest BCUT2D eigenvalue weighted by Gasteiger charge is -2.17. The highest BCUT2D eigenvalue weighted by Crippen LogP contribution is 2.21. The van der Waals surface area contributed by atoms with Gasteiger partial charge in [-0.2, -0.15) is 0 Å². The summed E-state index contributed by atoms with van der Waals surface area (Å²) in [5.74, 6) is 1.17. The minimum atomic E-state index is 0.138. The Morgan fingerprint density at radius 3 is 2.86 bits per heavy atom. The van der Waals surface area contributed by atoms with Gasteiger partial charge in [-0.1, -0.05) is 42.0 Å². The highest BCUT2D eigenvalue weighted by atomic mass is 16.1. The van der Waals surface area contributed by atoms with Gasteiger partial charge >= 0.3 is 0 Å². The van der Waals surface area contributed by atoms with Crippen LogP contribution in [0.4, 0.5) is 5.82 Å². The average Bonchev–Trinajstić information content (AvgIpc) is 2.95. The molecule has 2 aliphatic rings. The third-order valence-electron chi connectivity index (χ3n) is 5.75. The van der Waals surface area contributed by atoms with Gasteiger partial charge in [0.15, 0.2) is 0 Å². The Balaban J connectivity index is 1.20. The molecule has 2 aromatic rings. The van der Waals surface area contributed by atoms with Crippen molar-refractivity contribution in [3.05, 3.63) is 70.4 Å². The Hall–Kier alpha value is -2.62. The quantitative estimate of drug-likeness (QED) is 0.751. The van der Waals surface area contributed by atoms with Crippen molar-refractivity contribution in [2.24, 2.45) is 0 Å². The van der Waals surface area contributed by atoms with Crippen LogP contribution in [0.5, 0.6) is 0 Å². The number of hydrogen-bond donors (Lipinski definition) is 2. The average molecular weight is 376 g/mol. The van der Waals surface area contributed by atoms with Crippen LogP contribution in [0.3, 0.4) is 0 Å². The number of allylic oxidation sites excluding steroid dienone is 1. The summed E-state index contributed by atoms with van der Waals surface area (Å²) in [6, 6.07) is 12.9. The molecule has 0 fully saturated rings. The number of carbonyl (C=O) groups is 1. The molecule has 0 radical (unpaired) electrons. The second-order valence-corrected chi connectivity index (χ2v) is 7.81. The van der Waals surface area contributed by atoms with Crippen LogP contribution in [0, 0.1) is 0 Å². The predicted molar refractivity (Wildman–Crippen MR) is 114 cm³/mol. The number of nitrogens with one attached hydrogen (secondary N) is 2. The molecule has 2 N–H and O–H groups in total. The zero-order valence-electron chi connectivity index (χ0n) is 16.5. The number of hydrogen-bond acceptors (Lipinski definition) is 3. The van der Waals surface area contributed by atoms with E-state index in [0.717, 1.165) is 56.6 Å². The SMILES string of the molecule is O=C(CCCc1ccc2c(n1)NCCC2)NCC1=CCc2ccccc2CC1. The van der Waals surface area contributed by atoms with Crippen LogP contribution < -0.4 is 10.6 Å².